The molecule has 1 heterocycles. The van der Waals surface area contributed by atoms with Gasteiger partial charge in [-0.15, -0.1) is 0 Å². The minimum absolute atomic E-state index is 0.273. The maximum atomic E-state index is 13.6. The van der Waals surface area contributed by atoms with Crippen LogP contribution in [0, 0.1) is 31.3 Å². The second-order valence-corrected chi connectivity index (χ2v) is 5.68. The van der Waals surface area contributed by atoms with E-state index in [0.717, 1.165) is 29.2 Å². The van der Waals surface area contributed by atoms with Crippen molar-refractivity contribution in [3.63, 3.8) is 0 Å². The lowest BCUT2D eigenvalue weighted by Crippen LogP contribution is -2.14. The smallest absolute Gasteiger partial charge is 0.255 e. The van der Waals surface area contributed by atoms with Crippen LogP contribution >= 0.6 is 0 Å². The van der Waals surface area contributed by atoms with E-state index in [2.05, 4.69) is 5.32 Å². The molecular weight excluding hydrogens is 329 g/mol. The Kier molecular flexibility index (Phi) is 4.35. The summed E-state index contributed by atoms with van der Waals surface area (Å²) < 4.78 is 41.8. The summed E-state index contributed by atoms with van der Waals surface area (Å²) in [6.07, 6.45) is 0. The molecule has 0 radical (unpaired) electrons. The van der Waals surface area contributed by atoms with Gasteiger partial charge in [-0.25, -0.2) is 13.2 Å². The van der Waals surface area contributed by atoms with E-state index in [1.165, 1.54) is 0 Å². The maximum Gasteiger partial charge on any atom is 0.255 e. The van der Waals surface area contributed by atoms with Crippen LogP contribution in [0.25, 0.3) is 5.69 Å². The van der Waals surface area contributed by atoms with E-state index >= 15 is 0 Å². The summed E-state index contributed by atoms with van der Waals surface area (Å²) in [4.78, 5) is 12.2. The van der Waals surface area contributed by atoms with Crippen molar-refractivity contribution in [2.45, 2.75) is 13.8 Å². The van der Waals surface area contributed by atoms with Gasteiger partial charge in [0.15, 0.2) is 17.5 Å². The van der Waals surface area contributed by atoms with Crippen molar-refractivity contribution >= 4 is 11.6 Å². The molecule has 0 bridgehead atoms. The number of carbonyl (C=O) groups excluding carboxylic acids is 1. The van der Waals surface area contributed by atoms with Gasteiger partial charge in [0.05, 0.1) is 5.69 Å². The lowest BCUT2D eigenvalue weighted by Gasteiger charge is -2.11. The summed E-state index contributed by atoms with van der Waals surface area (Å²) in [5.41, 5.74) is 2.85. The third-order valence-corrected chi connectivity index (χ3v) is 3.94. The second-order valence-electron chi connectivity index (χ2n) is 5.68. The molecule has 0 aliphatic carbocycles. The molecule has 1 amide bonds. The van der Waals surface area contributed by atoms with Gasteiger partial charge in [-0.3, -0.25) is 4.79 Å². The van der Waals surface area contributed by atoms with Gasteiger partial charge in [0.1, 0.15) is 0 Å². The number of rotatable bonds is 3. The molecule has 0 atom stereocenters. The van der Waals surface area contributed by atoms with Gasteiger partial charge in [-0.05, 0) is 62.4 Å². The Balaban J connectivity index is 1.83. The number of nitrogens with zero attached hydrogens (tertiary/aromatic N) is 1. The third kappa shape index (κ3) is 3.15. The first kappa shape index (κ1) is 16.8. The molecule has 0 aliphatic rings. The number of aryl methyl sites for hydroxylation is 2. The average molecular weight is 344 g/mol. The van der Waals surface area contributed by atoms with Crippen molar-refractivity contribution in [1.29, 1.82) is 0 Å². The van der Waals surface area contributed by atoms with E-state index in [1.807, 2.05) is 30.5 Å². The van der Waals surface area contributed by atoms with Crippen molar-refractivity contribution in [3.8, 4) is 5.69 Å². The Morgan fingerprint density at radius 3 is 2.04 bits per heavy atom. The summed E-state index contributed by atoms with van der Waals surface area (Å²) >= 11 is 0. The fourth-order valence-corrected chi connectivity index (χ4v) is 2.65. The minimum Gasteiger partial charge on any atom is -0.319 e. The van der Waals surface area contributed by atoms with Crippen molar-refractivity contribution in [1.82, 2.24) is 4.57 Å². The lowest BCUT2D eigenvalue weighted by atomic mass is 10.1. The van der Waals surface area contributed by atoms with Gasteiger partial charge in [0.2, 0.25) is 0 Å². The van der Waals surface area contributed by atoms with Crippen LogP contribution in [0.4, 0.5) is 18.9 Å². The van der Waals surface area contributed by atoms with Crippen LogP contribution in [0.15, 0.2) is 48.5 Å². The zero-order chi connectivity index (χ0) is 18.1. The predicted molar refractivity (Wildman–Crippen MR) is 89.5 cm³/mol. The second kappa shape index (κ2) is 6.47. The van der Waals surface area contributed by atoms with E-state index in [4.69, 9.17) is 0 Å². The van der Waals surface area contributed by atoms with Gasteiger partial charge >= 0.3 is 0 Å². The molecule has 0 saturated heterocycles. The Morgan fingerprint density at radius 1 is 0.840 bits per heavy atom. The van der Waals surface area contributed by atoms with E-state index in [9.17, 15) is 18.0 Å². The van der Waals surface area contributed by atoms with Crippen molar-refractivity contribution in [3.05, 3.63) is 82.9 Å². The molecule has 2 aromatic carbocycles. The number of carbonyl (C=O) groups is 1. The SMILES string of the molecule is Cc1ccc(C)n1-c1ccc(C(=O)Nc2ccc(F)c(F)c2F)cc1. The van der Waals surface area contributed by atoms with E-state index in [-0.39, 0.29) is 5.56 Å². The summed E-state index contributed by atoms with van der Waals surface area (Å²) in [5.74, 6) is -4.97. The van der Waals surface area contributed by atoms with E-state index < -0.39 is 29.0 Å². The maximum absolute atomic E-state index is 13.6. The van der Waals surface area contributed by atoms with Crippen molar-refractivity contribution in [2.75, 3.05) is 5.32 Å². The Hall–Kier alpha value is -3.02. The highest BCUT2D eigenvalue weighted by Gasteiger charge is 2.16. The normalized spacial score (nSPS) is 10.8. The molecule has 3 nitrogen and oxygen atoms in total. The number of hydrogen-bond donors (Lipinski definition) is 1. The molecule has 1 aromatic heterocycles. The van der Waals surface area contributed by atoms with Gasteiger partial charge in [-0.2, -0.15) is 0 Å². The molecule has 0 fully saturated rings. The summed E-state index contributed by atoms with van der Waals surface area (Å²) in [5, 5.41) is 2.24. The fourth-order valence-electron chi connectivity index (χ4n) is 2.65. The Morgan fingerprint density at radius 2 is 1.44 bits per heavy atom. The van der Waals surface area contributed by atoms with Gasteiger partial charge in [-0.1, -0.05) is 0 Å². The molecule has 0 spiro atoms. The van der Waals surface area contributed by atoms with Crippen molar-refractivity contribution < 1.29 is 18.0 Å². The number of aromatic nitrogens is 1. The molecule has 1 N–H and O–H groups in total. The molecule has 0 aliphatic heterocycles. The topological polar surface area (TPSA) is 34.0 Å². The third-order valence-electron chi connectivity index (χ3n) is 3.94. The number of nitrogens with one attached hydrogen (secondary N) is 1. The number of hydrogen-bond acceptors (Lipinski definition) is 1. The van der Waals surface area contributed by atoms with Crippen LogP contribution in [0.3, 0.4) is 0 Å². The van der Waals surface area contributed by atoms with Crippen molar-refractivity contribution in [2.24, 2.45) is 0 Å². The van der Waals surface area contributed by atoms with Crippen LogP contribution in [-0.2, 0) is 0 Å². The largest absolute Gasteiger partial charge is 0.319 e. The van der Waals surface area contributed by atoms with Crippen LogP contribution in [0.5, 0.6) is 0 Å². The standard InChI is InChI=1S/C19H15F3N2O/c1-11-3-4-12(2)24(11)14-7-5-13(6-8-14)19(25)23-16-10-9-15(20)17(21)18(16)22/h3-10H,1-2H3,(H,23,25). The van der Waals surface area contributed by atoms with Gasteiger partial charge < -0.3 is 9.88 Å². The monoisotopic (exact) mass is 344 g/mol. The molecule has 0 saturated carbocycles. The molecule has 3 rings (SSSR count). The first-order chi connectivity index (χ1) is 11.9. The molecule has 6 heteroatoms. The first-order valence-corrected chi connectivity index (χ1v) is 7.58. The number of halogens is 3. The summed E-state index contributed by atoms with van der Waals surface area (Å²) in [6, 6.07) is 12.4. The zero-order valence-corrected chi connectivity index (χ0v) is 13.6. The van der Waals surface area contributed by atoms with Gasteiger partial charge in [0, 0.05) is 22.6 Å². The molecule has 25 heavy (non-hydrogen) atoms. The molecule has 0 unspecified atom stereocenters. The van der Waals surface area contributed by atoms with Crippen LogP contribution in [0.2, 0.25) is 0 Å². The quantitative estimate of drug-likeness (QED) is 0.683. The van der Waals surface area contributed by atoms with E-state index in [1.54, 1.807) is 24.3 Å². The van der Waals surface area contributed by atoms with Crippen LogP contribution in [0.1, 0.15) is 21.7 Å². The Bertz CT molecular complexity index is 927. The first-order valence-electron chi connectivity index (χ1n) is 7.58. The van der Waals surface area contributed by atoms with Gasteiger partial charge in [0.25, 0.3) is 5.91 Å². The Labute approximate surface area is 142 Å². The van der Waals surface area contributed by atoms with Crippen LogP contribution in [-0.4, -0.2) is 10.5 Å². The highest BCUT2D eigenvalue weighted by molar-refractivity contribution is 6.04. The predicted octanol–water partition coefficient (Wildman–Crippen LogP) is 4.76. The fraction of sp³-hybridized carbons (Fsp3) is 0.105. The molecule has 3 aromatic rings. The molecule has 128 valence electrons. The number of anilines is 1. The highest BCUT2D eigenvalue weighted by atomic mass is 19.2. The average Bonchev–Trinajstić information content (AvgIpc) is 2.94. The zero-order valence-electron chi connectivity index (χ0n) is 13.6. The number of benzene rings is 2. The lowest BCUT2D eigenvalue weighted by molar-refractivity contribution is 0.102. The summed E-state index contributed by atoms with van der Waals surface area (Å²) in [7, 11) is 0. The highest BCUT2D eigenvalue weighted by Crippen LogP contribution is 2.21. The summed E-state index contributed by atoms with van der Waals surface area (Å²) in [6.45, 7) is 3.94. The van der Waals surface area contributed by atoms with Crippen LogP contribution < -0.4 is 5.32 Å². The molecular formula is C19H15F3N2O. The van der Waals surface area contributed by atoms with E-state index in [0.29, 0.717) is 0 Å². The minimum atomic E-state index is -1.62. The number of amides is 1.